The molecule has 0 saturated carbocycles. The van der Waals surface area contributed by atoms with E-state index in [4.69, 9.17) is 4.74 Å². The standard InChI is InChI=1S/C8H6BrIN2OS/c1-14-8(9,3-4-10)13-7-11-5-2-6-12-7/h2,5-6H,1H3. The van der Waals surface area contributed by atoms with Gasteiger partial charge in [-0.15, -0.1) is 0 Å². The number of nitrogens with zero attached hydrogens (tertiary/aromatic N) is 2. The van der Waals surface area contributed by atoms with Gasteiger partial charge in [0.1, 0.15) is 0 Å². The molecule has 0 saturated heterocycles. The summed E-state index contributed by atoms with van der Waals surface area (Å²) in [5.41, 5.74) is 0. The molecule has 14 heavy (non-hydrogen) atoms. The third-order valence-electron chi connectivity index (χ3n) is 1.22. The molecule has 0 radical (unpaired) electrons. The zero-order chi connectivity index (χ0) is 10.4. The van der Waals surface area contributed by atoms with Gasteiger partial charge >= 0.3 is 6.01 Å². The molecular weight excluding hydrogens is 379 g/mol. The molecule has 1 heterocycles. The average Bonchev–Trinajstić information content (AvgIpc) is 2.20. The van der Waals surface area contributed by atoms with E-state index in [1.165, 1.54) is 11.8 Å². The molecule has 0 aliphatic carbocycles. The SMILES string of the molecule is CSC(Br)(C#CI)Oc1ncccn1. The van der Waals surface area contributed by atoms with E-state index in [1.54, 1.807) is 18.5 Å². The van der Waals surface area contributed by atoms with Crippen molar-refractivity contribution >= 4 is 50.3 Å². The number of hydrogen-bond donors (Lipinski definition) is 0. The van der Waals surface area contributed by atoms with Gasteiger partial charge in [0.2, 0.25) is 0 Å². The van der Waals surface area contributed by atoms with E-state index >= 15 is 0 Å². The Labute approximate surface area is 109 Å². The van der Waals surface area contributed by atoms with Crippen molar-refractivity contribution in [3.63, 3.8) is 0 Å². The Bertz CT molecular complexity index is 353. The topological polar surface area (TPSA) is 35.0 Å². The second-order valence-corrected chi connectivity index (χ2v) is 5.26. The first-order chi connectivity index (χ1) is 6.70. The van der Waals surface area contributed by atoms with Crippen LogP contribution in [0.4, 0.5) is 0 Å². The van der Waals surface area contributed by atoms with Crippen molar-refractivity contribution in [2.75, 3.05) is 6.26 Å². The van der Waals surface area contributed by atoms with Gasteiger partial charge in [-0.05, 0) is 38.1 Å². The number of alkyl halides is 1. The van der Waals surface area contributed by atoms with Crippen molar-refractivity contribution in [1.29, 1.82) is 0 Å². The average molecular weight is 385 g/mol. The molecule has 1 aromatic heterocycles. The minimum Gasteiger partial charge on any atom is -0.424 e. The van der Waals surface area contributed by atoms with Crippen LogP contribution in [0.25, 0.3) is 0 Å². The smallest absolute Gasteiger partial charge is 0.319 e. The fourth-order valence-corrected chi connectivity index (χ4v) is 2.12. The molecule has 6 heteroatoms. The summed E-state index contributed by atoms with van der Waals surface area (Å²) in [6, 6.07) is 2.03. The second-order valence-electron chi connectivity index (χ2n) is 2.09. The lowest BCUT2D eigenvalue weighted by molar-refractivity contribution is 0.292. The highest BCUT2D eigenvalue weighted by Gasteiger charge is 2.26. The maximum Gasteiger partial charge on any atom is 0.319 e. The Hall–Kier alpha value is 0.0000000000000000555. The van der Waals surface area contributed by atoms with E-state index in [0.717, 1.165) is 0 Å². The third kappa shape index (κ3) is 3.63. The van der Waals surface area contributed by atoms with E-state index in [0.29, 0.717) is 6.01 Å². The molecule has 0 amide bonds. The molecule has 0 aliphatic heterocycles. The van der Waals surface area contributed by atoms with E-state index in [2.05, 4.69) is 35.7 Å². The van der Waals surface area contributed by atoms with Gasteiger partial charge in [0.15, 0.2) is 0 Å². The summed E-state index contributed by atoms with van der Waals surface area (Å²) in [4.78, 5) is 7.89. The van der Waals surface area contributed by atoms with Crippen LogP contribution in [0.1, 0.15) is 0 Å². The highest BCUT2D eigenvalue weighted by atomic mass is 127. The summed E-state index contributed by atoms with van der Waals surface area (Å²) >= 11 is 6.74. The lowest BCUT2D eigenvalue weighted by Crippen LogP contribution is -2.22. The second kappa shape index (κ2) is 5.78. The minimum absolute atomic E-state index is 0.304. The number of aromatic nitrogens is 2. The molecule has 1 atom stereocenters. The Morgan fingerprint density at radius 1 is 1.57 bits per heavy atom. The van der Waals surface area contributed by atoms with Crippen LogP contribution in [0.15, 0.2) is 18.5 Å². The molecular formula is C8H6BrIN2OS. The summed E-state index contributed by atoms with van der Waals surface area (Å²) in [5, 5.41) is 0. The number of ether oxygens (including phenoxy) is 1. The lowest BCUT2D eigenvalue weighted by atomic mass is 10.7. The zero-order valence-corrected chi connectivity index (χ0v) is 11.8. The predicted octanol–water partition coefficient (Wildman–Crippen LogP) is 2.66. The van der Waals surface area contributed by atoms with Crippen molar-refractivity contribution in [3.05, 3.63) is 18.5 Å². The molecule has 1 aromatic rings. The Morgan fingerprint density at radius 3 is 2.71 bits per heavy atom. The van der Waals surface area contributed by atoms with Gasteiger partial charge in [0.25, 0.3) is 3.84 Å². The van der Waals surface area contributed by atoms with Crippen LogP contribution in [0.5, 0.6) is 6.01 Å². The van der Waals surface area contributed by atoms with E-state index in [9.17, 15) is 0 Å². The Kier molecular flexibility index (Phi) is 4.98. The molecule has 0 N–H and O–H groups in total. The van der Waals surface area contributed by atoms with E-state index < -0.39 is 3.84 Å². The Balaban J connectivity index is 2.79. The quantitative estimate of drug-likeness (QED) is 0.347. The monoisotopic (exact) mass is 384 g/mol. The van der Waals surface area contributed by atoms with Gasteiger partial charge in [-0.3, -0.25) is 0 Å². The summed E-state index contributed by atoms with van der Waals surface area (Å²) in [6.45, 7) is 0. The maximum atomic E-state index is 5.47. The van der Waals surface area contributed by atoms with Crippen molar-refractivity contribution in [2.45, 2.75) is 3.84 Å². The van der Waals surface area contributed by atoms with Gasteiger partial charge in [0, 0.05) is 35.0 Å². The summed E-state index contributed by atoms with van der Waals surface area (Å²) in [7, 11) is 0. The van der Waals surface area contributed by atoms with Crippen LogP contribution in [0, 0.1) is 9.85 Å². The fourth-order valence-electron chi connectivity index (χ4n) is 0.630. The zero-order valence-electron chi connectivity index (χ0n) is 7.20. The maximum absolute atomic E-state index is 5.47. The van der Waals surface area contributed by atoms with Crippen LogP contribution in [0.2, 0.25) is 0 Å². The first-order valence-corrected chi connectivity index (χ1v) is 6.63. The first kappa shape index (κ1) is 12.1. The number of rotatable bonds is 3. The molecule has 3 nitrogen and oxygen atoms in total. The van der Waals surface area contributed by atoms with Crippen LogP contribution >= 0.6 is 50.3 Å². The predicted molar refractivity (Wildman–Crippen MR) is 69.6 cm³/mol. The largest absolute Gasteiger partial charge is 0.424 e. The van der Waals surface area contributed by atoms with Crippen molar-refractivity contribution in [1.82, 2.24) is 9.97 Å². The number of hydrogen-bond acceptors (Lipinski definition) is 4. The first-order valence-electron chi connectivity index (χ1n) is 3.53. The molecule has 0 spiro atoms. The number of halogens is 2. The van der Waals surface area contributed by atoms with Crippen LogP contribution in [-0.2, 0) is 0 Å². The number of thioether (sulfide) groups is 1. The fraction of sp³-hybridized carbons (Fsp3) is 0.250. The summed E-state index contributed by atoms with van der Waals surface area (Å²) < 4.78 is 7.45. The highest BCUT2D eigenvalue weighted by molar-refractivity contribution is 14.1. The molecule has 0 aromatic carbocycles. The van der Waals surface area contributed by atoms with Gasteiger partial charge in [-0.1, -0.05) is 11.8 Å². The Morgan fingerprint density at radius 2 is 2.21 bits per heavy atom. The van der Waals surface area contributed by atoms with Crippen molar-refractivity contribution in [3.8, 4) is 15.9 Å². The molecule has 0 bridgehead atoms. The molecule has 74 valence electrons. The van der Waals surface area contributed by atoms with Crippen molar-refractivity contribution in [2.24, 2.45) is 0 Å². The van der Waals surface area contributed by atoms with Crippen molar-refractivity contribution < 1.29 is 4.74 Å². The molecule has 0 aliphatic rings. The molecule has 1 unspecified atom stereocenters. The van der Waals surface area contributed by atoms with E-state index in [1.807, 2.05) is 28.8 Å². The van der Waals surface area contributed by atoms with Gasteiger partial charge in [-0.2, -0.15) is 0 Å². The molecule has 1 rings (SSSR count). The third-order valence-corrected chi connectivity index (χ3v) is 3.54. The highest BCUT2D eigenvalue weighted by Crippen LogP contribution is 2.31. The molecule has 0 fully saturated rings. The van der Waals surface area contributed by atoms with Gasteiger partial charge in [0.05, 0.1) is 0 Å². The van der Waals surface area contributed by atoms with Crippen LogP contribution in [0.3, 0.4) is 0 Å². The minimum atomic E-state index is -0.768. The normalized spacial score (nSPS) is 13.6. The van der Waals surface area contributed by atoms with Gasteiger partial charge in [-0.25, -0.2) is 9.97 Å². The summed E-state index contributed by atoms with van der Waals surface area (Å²) in [5.74, 6) is 2.87. The van der Waals surface area contributed by atoms with Crippen LogP contribution in [-0.4, -0.2) is 20.1 Å². The van der Waals surface area contributed by atoms with E-state index in [-0.39, 0.29) is 0 Å². The summed E-state index contributed by atoms with van der Waals surface area (Å²) in [6.07, 6.45) is 5.12. The van der Waals surface area contributed by atoms with Gasteiger partial charge < -0.3 is 4.74 Å². The lowest BCUT2D eigenvalue weighted by Gasteiger charge is -2.18. The van der Waals surface area contributed by atoms with Crippen LogP contribution < -0.4 is 4.74 Å².